The van der Waals surface area contributed by atoms with Crippen LogP contribution in [0.25, 0.3) is 0 Å². The van der Waals surface area contributed by atoms with Gasteiger partial charge in [0.05, 0.1) is 23.4 Å². The number of carbonyl (C=O) groups excluding carboxylic acids is 1. The SMILES string of the molecule is Cc1cccc(C)c1N(CCNC(=O)c1cccs1)S(C)(=O)=O. The number of para-hydroxylation sites is 1. The van der Waals surface area contributed by atoms with Crippen LogP contribution in [0.1, 0.15) is 20.8 Å². The van der Waals surface area contributed by atoms with Crippen molar-refractivity contribution in [3.05, 3.63) is 51.7 Å². The number of thiophene rings is 1. The van der Waals surface area contributed by atoms with Crippen LogP contribution in [-0.4, -0.2) is 33.7 Å². The molecule has 0 unspecified atom stereocenters. The summed E-state index contributed by atoms with van der Waals surface area (Å²) in [6.45, 7) is 4.20. The maximum absolute atomic E-state index is 12.2. The van der Waals surface area contributed by atoms with Crippen molar-refractivity contribution in [1.82, 2.24) is 5.32 Å². The van der Waals surface area contributed by atoms with E-state index in [2.05, 4.69) is 5.32 Å². The first-order valence-corrected chi connectivity index (χ1v) is 9.89. The van der Waals surface area contributed by atoms with Crippen molar-refractivity contribution in [1.29, 1.82) is 0 Å². The van der Waals surface area contributed by atoms with Crippen LogP contribution in [0.5, 0.6) is 0 Å². The first-order chi connectivity index (χ1) is 10.8. The minimum Gasteiger partial charge on any atom is -0.350 e. The Morgan fingerprint density at radius 2 is 1.83 bits per heavy atom. The summed E-state index contributed by atoms with van der Waals surface area (Å²) in [5, 5.41) is 4.59. The molecule has 1 amide bonds. The van der Waals surface area contributed by atoms with Crippen LogP contribution in [0, 0.1) is 13.8 Å². The number of rotatable bonds is 6. The molecule has 2 rings (SSSR count). The van der Waals surface area contributed by atoms with Gasteiger partial charge in [0.1, 0.15) is 0 Å². The number of amides is 1. The summed E-state index contributed by atoms with van der Waals surface area (Å²) in [7, 11) is -3.43. The van der Waals surface area contributed by atoms with Crippen LogP contribution >= 0.6 is 11.3 Å². The highest BCUT2D eigenvalue weighted by Crippen LogP contribution is 2.26. The van der Waals surface area contributed by atoms with E-state index in [9.17, 15) is 13.2 Å². The van der Waals surface area contributed by atoms with E-state index in [-0.39, 0.29) is 19.0 Å². The molecule has 0 aliphatic carbocycles. The van der Waals surface area contributed by atoms with E-state index in [0.717, 1.165) is 11.1 Å². The zero-order valence-corrected chi connectivity index (χ0v) is 15.0. The van der Waals surface area contributed by atoms with Gasteiger partial charge < -0.3 is 5.32 Å². The van der Waals surface area contributed by atoms with Gasteiger partial charge in [-0.05, 0) is 36.4 Å². The minimum atomic E-state index is -3.43. The van der Waals surface area contributed by atoms with E-state index in [1.54, 1.807) is 12.1 Å². The zero-order chi connectivity index (χ0) is 17.0. The highest BCUT2D eigenvalue weighted by Gasteiger charge is 2.21. The Morgan fingerprint density at radius 1 is 1.17 bits per heavy atom. The lowest BCUT2D eigenvalue weighted by Gasteiger charge is -2.26. The van der Waals surface area contributed by atoms with Gasteiger partial charge in [0.2, 0.25) is 10.0 Å². The van der Waals surface area contributed by atoms with Gasteiger partial charge in [0, 0.05) is 6.54 Å². The van der Waals surface area contributed by atoms with Gasteiger partial charge in [0.25, 0.3) is 5.91 Å². The topological polar surface area (TPSA) is 66.5 Å². The van der Waals surface area contributed by atoms with E-state index in [1.807, 2.05) is 37.4 Å². The average molecular weight is 352 g/mol. The van der Waals surface area contributed by atoms with Gasteiger partial charge in [-0.2, -0.15) is 0 Å². The predicted molar refractivity (Wildman–Crippen MR) is 94.8 cm³/mol. The van der Waals surface area contributed by atoms with Crippen molar-refractivity contribution in [2.75, 3.05) is 23.7 Å². The summed E-state index contributed by atoms with van der Waals surface area (Å²) in [5.74, 6) is -0.185. The van der Waals surface area contributed by atoms with Gasteiger partial charge in [-0.3, -0.25) is 9.10 Å². The average Bonchev–Trinajstić information content (AvgIpc) is 2.98. The molecule has 5 nitrogen and oxygen atoms in total. The molecule has 0 atom stereocenters. The van der Waals surface area contributed by atoms with Crippen molar-refractivity contribution >= 4 is 33.0 Å². The molecule has 0 saturated carbocycles. The van der Waals surface area contributed by atoms with Crippen LogP contribution in [0.15, 0.2) is 35.7 Å². The molecule has 2 aromatic rings. The van der Waals surface area contributed by atoms with Crippen LogP contribution in [0.3, 0.4) is 0 Å². The third-order valence-corrected chi connectivity index (χ3v) is 5.47. The summed E-state index contributed by atoms with van der Waals surface area (Å²) in [6, 6.07) is 9.20. The molecule has 1 aromatic heterocycles. The Morgan fingerprint density at radius 3 is 2.35 bits per heavy atom. The standard InChI is InChI=1S/C16H20N2O3S2/c1-12-6-4-7-13(2)15(12)18(23(3,20)21)10-9-17-16(19)14-8-5-11-22-14/h4-8,11H,9-10H2,1-3H3,(H,17,19). The number of nitrogens with zero attached hydrogens (tertiary/aromatic N) is 1. The minimum absolute atomic E-state index is 0.185. The van der Waals surface area contributed by atoms with Gasteiger partial charge in [-0.25, -0.2) is 8.42 Å². The molecule has 23 heavy (non-hydrogen) atoms. The van der Waals surface area contributed by atoms with E-state index in [1.165, 1.54) is 21.9 Å². The van der Waals surface area contributed by atoms with Crippen molar-refractivity contribution in [2.24, 2.45) is 0 Å². The van der Waals surface area contributed by atoms with Crippen molar-refractivity contribution < 1.29 is 13.2 Å². The molecule has 0 fully saturated rings. The van der Waals surface area contributed by atoms with Crippen LogP contribution < -0.4 is 9.62 Å². The van der Waals surface area contributed by atoms with Crippen molar-refractivity contribution in [3.63, 3.8) is 0 Å². The Hall–Kier alpha value is -1.86. The van der Waals surface area contributed by atoms with Gasteiger partial charge in [-0.15, -0.1) is 11.3 Å². The number of anilines is 1. The first kappa shape index (κ1) is 17.5. The van der Waals surface area contributed by atoms with E-state index >= 15 is 0 Å². The molecule has 1 heterocycles. The summed E-state index contributed by atoms with van der Waals surface area (Å²) in [5.41, 5.74) is 2.46. The molecule has 124 valence electrons. The fraction of sp³-hybridized carbons (Fsp3) is 0.312. The van der Waals surface area contributed by atoms with Crippen molar-refractivity contribution in [2.45, 2.75) is 13.8 Å². The monoisotopic (exact) mass is 352 g/mol. The summed E-state index contributed by atoms with van der Waals surface area (Å²) < 4.78 is 25.7. The Bertz CT molecular complexity index is 763. The number of hydrogen-bond acceptors (Lipinski definition) is 4. The fourth-order valence-electron chi connectivity index (χ4n) is 2.41. The maximum Gasteiger partial charge on any atom is 0.261 e. The number of hydrogen-bond donors (Lipinski definition) is 1. The highest BCUT2D eigenvalue weighted by atomic mass is 32.2. The van der Waals surface area contributed by atoms with E-state index < -0.39 is 10.0 Å². The van der Waals surface area contributed by atoms with Crippen LogP contribution in [0.2, 0.25) is 0 Å². The maximum atomic E-state index is 12.2. The summed E-state index contributed by atoms with van der Waals surface area (Å²) >= 11 is 1.35. The molecule has 7 heteroatoms. The second-order valence-corrected chi connectivity index (χ2v) is 8.16. The Kier molecular flexibility index (Phi) is 5.43. The molecule has 0 radical (unpaired) electrons. The van der Waals surface area contributed by atoms with E-state index in [4.69, 9.17) is 0 Å². The molecular weight excluding hydrogens is 332 g/mol. The van der Waals surface area contributed by atoms with Gasteiger partial charge >= 0.3 is 0 Å². The smallest absolute Gasteiger partial charge is 0.261 e. The molecule has 0 saturated heterocycles. The fourth-order valence-corrected chi connectivity index (χ4v) is 4.09. The lowest BCUT2D eigenvalue weighted by molar-refractivity contribution is 0.0959. The number of sulfonamides is 1. The third-order valence-electron chi connectivity index (χ3n) is 3.43. The largest absolute Gasteiger partial charge is 0.350 e. The number of benzene rings is 1. The quantitative estimate of drug-likeness (QED) is 0.869. The number of carbonyl (C=O) groups is 1. The van der Waals surface area contributed by atoms with Gasteiger partial charge in [0.15, 0.2) is 0 Å². The molecule has 0 spiro atoms. The molecule has 0 bridgehead atoms. The molecule has 0 aliphatic heterocycles. The zero-order valence-electron chi connectivity index (χ0n) is 13.4. The normalized spacial score (nSPS) is 11.3. The van der Waals surface area contributed by atoms with Crippen molar-refractivity contribution in [3.8, 4) is 0 Å². The lowest BCUT2D eigenvalue weighted by atomic mass is 10.1. The summed E-state index contributed by atoms with van der Waals surface area (Å²) in [6.07, 6.45) is 1.18. The Balaban J connectivity index is 2.13. The molecule has 1 N–H and O–H groups in total. The number of nitrogens with one attached hydrogen (secondary N) is 1. The van der Waals surface area contributed by atoms with E-state index in [0.29, 0.717) is 10.6 Å². The molecule has 0 aliphatic rings. The second kappa shape index (κ2) is 7.14. The Labute approximate surface area is 141 Å². The highest BCUT2D eigenvalue weighted by molar-refractivity contribution is 7.92. The molecular formula is C16H20N2O3S2. The first-order valence-electron chi connectivity index (χ1n) is 7.16. The van der Waals surface area contributed by atoms with Gasteiger partial charge in [-0.1, -0.05) is 24.3 Å². The number of aryl methyl sites for hydroxylation is 2. The van der Waals surface area contributed by atoms with Crippen LogP contribution in [-0.2, 0) is 10.0 Å². The van der Waals surface area contributed by atoms with Crippen LogP contribution in [0.4, 0.5) is 5.69 Å². The molecule has 1 aromatic carbocycles. The summed E-state index contributed by atoms with van der Waals surface area (Å²) in [4.78, 5) is 12.6. The second-order valence-electron chi connectivity index (χ2n) is 5.31. The third kappa shape index (κ3) is 4.33. The lowest BCUT2D eigenvalue weighted by Crippen LogP contribution is -2.38. The predicted octanol–water partition coefficient (Wildman–Crippen LogP) is 2.56.